The number of aromatic nitrogens is 1. The number of ether oxygens (including phenoxy) is 1. The van der Waals surface area contributed by atoms with Crippen molar-refractivity contribution in [1.82, 2.24) is 10.3 Å². The Morgan fingerprint density at radius 3 is 3.06 bits per heavy atom. The third kappa shape index (κ3) is 1.91. The maximum absolute atomic E-state index is 5.75. The number of nitrogens with one attached hydrogen (secondary N) is 2. The molecule has 2 N–H and O–H groups in total. The molecule has 0 radical (unpaired) electrons. The molecular weight excluding hydrogens is 224 g/mol. The Hall–Kier alpha value is -1.74. The summed E-state index contributed by atoms with van der Waals surface area (Å²) in [4.78, 5) is 3.34. The van der Waals surface area contributed by atoms with Crippen LogP contribution in [-0.4, -0.2) is 24.7 Å². The van der Waals surface area contributed by atoms with E-state index in [1.807, 2.05) is 19.1 Å². The van der Waals surface area contributed by atoms with Gasteiger partial charge < -0.3 is 15.0 Å². The largest absolute Gasteiger partial charge is 0.493 e. The molecule has 0 spiro atoms. The van der Waals surface area contributed by atoms with Crippen molar-refractivity contribution >= 4 is 16.5 Å². The fraction of sp³-hybridized carbons (Fsp3) is 0.333. The molecule has 0 bridgehead atoms. The normalized spacial score (nSPS) is 15.7. The summed E-state index contributed by atoms with van der Waals surface area (Å²) in [6, 6.07) is 6.18. The van der Waals surface area contributed by atoms with Gasteiger partial charge in [0.1, 0.15) is 5.75 Å². The van der Waals surface area contributed by atoms with Crippen LogP contribution in [0, 0.1) is 0 Å². The highest BCUT2D eigenvalue weighted by molar-refractivity contribution is 5.97. The number of hydrogen-bond acceptors (Lipinski definition) is 2. The molecule has 0 atom stereocenters. The Morgan fingerprint density at radius 2 is 2.28 bits per heavy atom. The van der Waals surface area contributed by atoms with E-state index >= 15 is 0 Å². The molecule has 0 saturated heterocycles. The SMILES string of the molecule is CCOc1cccc2[nH]cc(C3=CCNCC3)c12. The van der Waals surface area contributed by atoms with Crippen LogP contribution in [0.4, 0.5) is 0 Å². The first-order chi connectivity index (χ1) is 8.90. The van der Waals surface area contributed by atoms with Crippen molar-refractivity contribution in [3.8, 4) is 5.75 Å². The molecule has 0 aliphatic carbocycles. The Bertz CT molecular complexity index is 583. The van der Waals surface area contributed by atoms with Crippen molar-refractivity contribution in [2.45, 2.75) is 13.3 Å². The smallest absolute Gasteiger partial charge is 0.129 e. The maximum Gasteiger partial charge on any atom is 0.129 e. The molecule has 3 heteroatoms. The summed E-state index contributed by atoms with van der Waals surface area (Å²) in [5.74, 6) is 0.977. The predicted octanol–water partition coefficient (Wildman–Crippen LogP) is 2.94. The molecule has 1 aromatic carbocycles. The maximum atomic E-state index is 5.75. The molecule has 1 aromatic heterocycles. The third-order valence-electron chi connectivity index (χ3n) is 3.38. The summed E-state index contributed by atoms with van der Waals surface area (Å²) in [6.07, 6.45) is 5.45. The Labute approximate surface area is 107 Å². The molecule has 3 rings (SSSR count). The van der Waals surface area contributed by atoms with Gasteiger partial charge in [0.05, 0.1) is 6.61 Å². The lowest BCUT2D eigenvalue weighted by Gasteiger charge is -2.14. The van der Waals surface area contributed by atoms with Crippen molar-refractivity contribution in [3.63, 3.8) is 0 Å². The Balaban J connectivity index is 2.14. The van der Waals surface area contributed by atoms with E-state index in [0.717, 1.165) is 30.8 Å². The van der Waals surface area contributed by atoms with Crippen LogP contribution < -0.4 is 10.1 Å². The van der Waals surface area contributed by atoms with Crippen LogP contribution in [0.5, 0.6) is 5.75 Å². The second-order valence-electron chi connectivity index (χ2n) is 4.50. The first kappa shape index (κ1) is 11.4. The van der Waals surface area contributed by atoms with Crippen LogP contribution in [0.3, 0.4) is 0 Å². The quantitative estimate of drug-likeness (QED) is 0.868. The number of hydrogen-bond donors (Lipinski definition) is 2. The van der Waals surface area contributed by atoms with E-state index in [9.17, 15) is 0 Å². The van der Waals surface area contributed by atoms with Gasteiger partial charge >= 0.3 is 0 Å². The third-order valence-corrected chi connectivity index (χ3v) is 3.38. The summed E-state index contributed by atoms with van der Waals surface area (Å²) in [6.45, 7) is 4.73. The second kappa shape index (κ2) is 4.86. The van der Waals surface area contributed by atoms with E-state index in [4.69, 9.17) is 4.74 Å². The highest BCUT2D eigenvalue weighted by atomic mass is 16.5. The predicted molar refractivity (Wildman–Crippen MR) is 74.9 cm³/mol. The summed E-state index contributed by atoms with van der Waals surface area (Å²) < 4.78 is 5.75. The summed E-state index contributed by atoms with van der Waals surface area (Å²) >= 11 is 0. The van der Waals surface area contributed by atoms with Crippen LogP contribution in [0.15, 0.2) is 30.5 Å². The molecule has 3 nitrogen and oxygen atoms in total. The van der Waals surface area contributed by atoms with Crippen molar-refractivity contribution in [3.05, 3.63) is 36.0 Å². The van der Waals surface area contributed by atoms with E-state index in [2.05, 4.69) is 28.6 Å². The molecule has 1 aliphatic heterocycles. The number of rotatable bonds is 3. The van der Waals surface area contributed by atoms with Gasteiger partial charge in [-0.1, -0.05) is 12.1 Å². The summed E-state index contributed by atoms with van der Waals surface area (Å²) in [5, 5.41) is 4.56. The van der Waals surface area contributed by atoms with Crippen LogP contribution in [-0.2, 0) is 0 Å². The minimum absolute atomic E-state index is 0.699. The summed E-state index contributed by atoms with van der Waals surface area (Å²) in [5.41, 5.74) is 3.85. The molecule has 0 amide bonds. The molecule has 1 aliphatic rings. The Morgan fingerprint density at radius 1 is 1.33 bits per heavy atom. The first-order valence-corrected chi connectivity index (χ1v) is 6.53. The van der Waals surface area contributed by atoms with Crippen molar-refractivity contribution in [1.29, 1.82) is 0 Å². The number of fused-ring (bicyclic) bond motifs is 1. The van der Waals surface area contributed by atoms with Gasteiger partial charge in [-0.2, -0.15) is 0 Å². The highest BCUT2D eigenvalue weighted by Gasteiger charge is 2.14. The minimum Gasteiger partial charge on any atom is -0.493 e. The van der Waals surface area contributed by atoms with E-state index < -0.39 is 0 Å². The van der Waals surface area contributed by atoms with Crippen molar-refractivity contribution in [2.24, 2.45) is 0 Å². The monoisotopic (exact) mass is 242 g/mol. The Kier molecular flexibility index (Phi) is 3.07. The summed E-state index contributed by atoms with van der Waals surface area (Å²) in [7, 11) is 0. The molecule has 18 heavy (non-hydrogen) atoms. The van der Waals surface area contributed by atoms with Gasteiger partial charge in [-0.05, 0) is 37.6 Å². The zero-order valence-corrected chi connectivity index (χ0v) is 10.6. The minimum atomic E-state index is 0.699. The topological polar surface area (TPSA) is 37.0 Å². The van der Waals surface area contributed by atoms with Crippen molar-refractivity contribution in [2.75, 3.05) is 19.7 Å². The van der Waals surface area contributed by atoms with Gasteiger partial charge in [-0.3, -0.25) is 0 Å². The van der Waals surface area contributed by atoms with Gasteiger partial charge in [0.15, 0.2) is 0 Å². The van der Waals surface area contributed by atoms with Gasteiger partial charge in [0.25, 0.3) is 0 Å². The fourth-order valence-corrected chi connectivity index (χ4v) is 2.55. The first-order valence-electron chi connectivity index (χ1n) is 6.53. The number of aromatic amines is 1. The van der Waals surface area contributed by atoms with Gasteiger partial charge in [0.2, 0.25) is 0 Å². The highest BCUT2D eigenvalue weighted by Crippen LogP contribution is 2.34. The van der Waals surface area contributed by atoms with Gasteiger partial charge in [-0.15, -0.1) is 0 Å². The average molecular weight is 242 g/mol. The lowest BCUT2D eigenvalue weighted by atomic mass is 9.99. The average Bonchev–Trinajstić information content (AvgIpc) is 2.85. The molecule has 0 fully saturated rings. The number of H-pyrrole nitrogens is 1. The van der Waals surface area contributed by atoms with Crippen LogP contribution >= 0.6 is 0 Å². The number of benzene rings is 1. The molecule has 0 saturated carbocycles. The van der Waals surface area contributed by atoms with E-state index in [-0.39, 0.29) is 0 Å². The molecule has 0 unspecified atom stereocenters. The van der Waals surface area contributed by atoms with Gasteiger partial charge in [0, 0.05) is 29.2 Å². The van der Waals surface area contributed by atoms with Crippen LogP contribution in [0.2, 0.25) is 0 Å². The lowest BCUT2D eigenvalue weighted by molar-refractivity contribution is 0.344. The zero-order valence-electron chi connectivity index (χ0n) is 10.6. The van der Waals surface area contributed by atoms with Crippen LogP contribution in [0.1, 0.15) is 18.9 Å². The van der Waals surface area contributed by atoms with E-state index in [0.29, 0.717) is 6.61 Å². The van der Waals surface area contributed by atoms with Crippen molar-refractivity contribution < 1.29 is 4.74 Å². The molecular formula is C15H18N2O. The zero-order chi connectivity index (χ0) is 12.4. The second-order valence-corrected chi connectivity index (χ2v) is 4.50. The fourth-order valence-electron chi connectivity index (χ4n) is 2.55. The van der Waals surface area contributed by atoms with E-state index in [1.54, 1.807) is 0 Å². The molecule has 94 valence electrons. The van der Waals surface area contributed by atoms with Crippen LogP contribution in [0.25, 0.3) is 16.5 Å². The standard InChI is InChI=1S/C15H18N2O/c1-2-18-14-5-3-4-13-15(14)12(10-17-13)11-6-8-16-9-7-11/h3-6,10,16-17H,2,7-9H2,1H3. The van der Waals surface area contributed by atoms with E-state index in [1.165, 1.54) is 16.5 Å². The molecule has 2 heterocycles. The lowest BCUT2D eigenvalue weighted by Crippen LogP contribution is -2.19. The van der Waals surface area contributed by atoms with Gasteiger partial charge in [-0.25, -0.2) is 0 Å². The molecule has 2 aromatic rings.